The van der Waals surface area contributed by atoms with Crippen LogP contribution in [0.4, 0.5) is 13.2 Å². The maximum Gasteiger partial charge on any atom is 0.257 e. The zero-order valence-electron chi connectivity index (χ0n) is 11.1. The molecule has 2 amide bonds. The van der Waals surface area contributed by atoms with Gasteiger partial charge in [-0.15, -0.1) is 0 Å². The van der Waals surface area contributed by atoms with E-state index >= 15 is 0 Å². The van der Waals surface area contributed by atoms with Crippen LogP contribution in [-0.4, -0.2) is 23.6 Å². The smallest absolute Gasteiger partial charge is 0.257 e. The van der Waals surface area contributed by atoms with Crippen LogP contribution in [0.1, 0.15) is 30.1 Å². The normalized spacial score (nSPS) is 11.8. The molecule has 0 heterocycles. The minimum absolute atomic E-state index is 0.0394. The number of benzene rings is 1. The molecule has 21 heavy (non-hydrogen) atoms. The molecule has 0 saturated carbocycles. The summed E-state index contributed by atoms with van der Waals surface area (Å²) in [6.07, 6.45) is -0.136. The first-order valence-corrected chi connectivity index (χ1v) is 5.96. The molecule has 0 unspecified atom stereocenters. The van der Waals surface area contributed by atoms with Crippen molar-refractivity contribution in [2.24, 2.45) is 5.73 Å². The largest absolute Gasteiger partial charge is 0.368 e. The number of carbonyl (C=O) groups is 3. The number of nitrogens with one attached hydrogen (secondary N) is 1. The number of ketones is 1. The van der Waals surface area contributed by atoms with Crippen molar-refractivity contribution >= 4 is 17.6 Å². The summed E-state index contributed by atoms with van der Waals surface area (Å²) in [5.74, 6) is -6.43. The number of nitrogens with two attached hydrogens (primary N) is 1. The van der Waals surface area contributed by atoms with Gasteiger partial charge in [-0.2, -0.15) is 0 Å². The van der Waals surface area contributed by atoms with Crippen LogP contribution in [0.2, 0.25) is 0 Å². The Kier molecular flexibility index (Phi) is 5.45. The summed E-state index contributed by atoms with van der Waals surface area (Å²) < 4.78 is 39.6. The van der Waals surface area contributed by atoms with Gasteiger partial charge in [0.25, 0.3) is 5.91 Å². The van der Waals surface area contributed by atoms with Crippen molar-refractivity contribution < 1.29 is 27.6 Å². The lowest BCUT2D eigenvalue weighted by molar-refractivity contribution is -0.120. The van der Waals surface area contributed by atoms with Crippen molar-refractivity contribution in [2.75, 3.05) is 0 Å². The van der Waals surface area contributed by atoms with Gasteiger partial charge in [0.05, 0.1) is 0 Å². The van der Waals surface area contributed by atoms with Crippen molar-refractivity contribution in [3.8, 4) is 0 Å². The molecule has 1 rings (SSSR count). The molecule has 0 radical (unpaired) electrons. The SMILES string of the molecule is CC(=O)CC[C@H](NC(=O)c1c(F)cc(F)cc1F)C(N)=O. The zero-order valence-corrected chi connectivity index (χ0v) is 11.1. The molecule has 0 saturated heterocycles. The molecule has 0 aliphatic rings. The fourth-order valence-electron chi connectivity index (χ4n) is 1.62. The lowest BCUT2D eigenvalue weighted by Crippen LogP contribution is -2.45. The second-order valence-corrected chi connectivity index (χ2v) is 4.41. The molecule has 114 valence electrons. The van der Waals surface area contributed by atoms with Gasteiger partial charge in [0.15, 0.2) is 0 Å². The van der Waals surface area contributed by atoms with Gasteiger partial charge in [0.1, 0.15) is 34.8 Å². The van der Waals surface area contributed by atoms with Crippen LogP contribution in [0.15, 0.2) is 12.1 Å². The summed E-state index contributed by atoms with van der Waals surface area (Å²) in [4.78, 5) is 33.7. The van der Waals surface area contributed by atoms with Gasteiger partial charge in [-0.25, -0.2) is 13.2 Å². The summed E-state index contributed by atoms with van der Waals surface area (Å²) >= 11 is 0. The van der Waals surface area contributed by atoms with Crippen LogP contribution in [0.3, 0.4) is 0 Å². The third-order valence-electron chi connectivity index (χ3n) is 2.67. The molecule has 3 N–H and O–H groups in total. The average Bonchev–Trinajstić information content (AvgIpc) is 2.32. The minimum Gasteiger partial charge on any atom is -0.368 e. The number of amides is 2. The van der Waals surface area contributed by atoms with Crippen LogP contribution < -0.4 is 11.1 Å². The predicted molar refractivity (Wildman–Crippen MR) is 66.7 cm³/mol. The molecular weight excluding hydrogens is 289 g/mol. The second-order valence-electron chi connectivity index (χ2n) is 4.41. The van der Waals surface area contributed by atoms with Gasteiger partial charge < -0.3 is 15.8 Å². The van der Waals surface area contributed by atoms with Gasteiger partial charge >= 0.3 is 0 Å². The molecule has 0 spiro atoms. The highest BCUT2D eigenvalue weighted by Crippen LogP contribution is 2.15. The zero-order chi connectivity index (χ0) is 16.2. The number of hydrogen-bond donors (Lipinski definition) is 2. The van der Waals surface area contributed by atoms with E-state index in [9.17, 15) is 27.6 Å². The van der Waals surface area contributed by atoms with Crippen LogP contribution in [0, 0.1) is 17.5 Å². The topological polar surface area (TPSA) is 89.3 Å². The monoisotopic (exact) mass is 302 g/mol. The number of Topliss-reactive ketones (excluding diaryl/α,β-unsaturated/α-hetero) is 1. The third kappa shape index (κ3) is 4.59. The first-order chi connectivity index (χ1) is 9.72. The van der Waals surface area contributed by atoms with Crippen molar-refractivity contribution in [2.45, 2.75) is 25.8 Å². The Bertz CT molecular complexity index is 567. The van der Waals surface area contributed by atoms with Gasteiger partial charge in [0.2, 0.25) is 5.91 Å². The molecule has 0 bridgehead atoms. The number of carbonyl (C=O) groups excluding carboxylic acids is 3. The van der Waals surface area contributed by atoms with Crippen LogP contribution >= 0.6 is 0 Å². The lowest BCUT2D eigenvalue weighted by atomic mass is 10.1. The molecule has 0 aliphatic carbocycles. The van der Waals surface area contributed by atoms with Gasteiger partial charge in [0, 0.05) is 18.6 Å². The predicted octanol–water partition coefficient (Wildman–Crippen LogP) is 1.06. The van der Waals surface area contributed by atoms with Crippen molar-refractivity contribution in [3.63, 3.8) is 0 Å². The van der Waals surface area contributed by atoms with E-state index in [1.54, 1.807) is 0 Å². The molecule has 5 nitrogen and oxygen atoms in total. The fourth-order valence-corrected chi connectivity index (χ4v) is 1.62. The highest BCUT2D eigenvalue weighted by Gasteiger charge is 2.24. The van der Waals surface area contributed by atoms with Crippen molar-refractivity contribution in [1.82, 2.24) is 5.32 Å². The van der Waals surface area contributed by atoms with E-state index in [4.69, 9.17) is 5.73 Å². The summed E-state index contributed by atoms with van der Waals surface area (Å²) in [5.41, 5.74) is 4.01. The van der Waals surface area contributed by atoms with Crippen molar-refractivity contribution in [3.05, 3.63) is 35.1 Å². The highest BCUT2D eigenvalue weighted by molar-refractivity contribution is 5.97. The first-order valence-electron chi connectivity index (χ1n) is 5.96. The summed E-state index contributed by atoms with van der Waals surface area (Å²) in [6.45, 7) is 1.28. The van der Waals surface area contributed by atoms with Crippen LogP contribution in [-0.2, 0) is 9.59 Å². The van der Waals surface area contributed by atoms with Crippen LogP contribution in [0.25, 0.3) is 0 Å². The molecule has 8 heteroatoms. The molecule has 1 aromatic rings. The molecule has 0 aliphatic heterocycles. The number of halogens is 3. The summed E-state index contributed by atoms with van der Waals surface area (Å²) in [7, 11) is 0. The van der Waals surface area contributed by atoms with E-state index in [-0.39, 0.29) is 18.6 Å². The van der Waals surface area contributed by atoms with Gasteiger partial charge in [-0.05, 0) is 13.3 Å². The Morgan fingerprint density at radius 3 is 2.14 bits per heavy atom. The third-order valence-corrected chi connectivity index (χ3v) is 2.67. The molecule has 1 aromatic carbocycles. The maximum absolute atomic E-state index is 13.4. The lowest BCUT2D eigenvalue weighted by Gasteiger charge is -2.15. The Balaban J connectivity index is 2.92. The van der Waals surface area contributed by atoms with E-state index in [0.717, 1.165) is 0 Å². The van der Waals surface area contributed by atoms with E-state index in [0.29, 0.717) is 12.1 Å². The Morgan fingerprint density at radius 1 is 1.19 bits per heavy atom. The van der Waals surface area contributed by atoms with Crippen molar-refractivity contribution in [1.29, 1.82) is 0 Å². The number of rotatable bonds is 6. The number of hydrogen-bond acceptors (Lipinski definition) is 3. The van der Waals surface area contributed by atoms with E-state index < -0.39 is 40.9 Å². The fraction of sp³-hybridized carbons (Fsp3) is 0.308. The standard InChI is InChI=1S/C13H13F3N2O3/c1-6(19)2-3-10(12(17)20)18-13(21)11-8(15)4-7(14)5-9(11)16/h4-5,10H,2-3H2,1H3,(H2,17,20)(H,18,21)/t10-/m0/s1. The molecule has 0 aromatic heterocycles. The minimum atomic E-state index is -1.40. The number of primary amides is 1. The van der Waals surface area contributed by atoms with E-state index in [1.807, 2.05) is 5.32 Å². The molecule has 1 atom stereocenters. The van der Waals surface area contributed by atoms with E-state index in [2.05, 4.69) is 0 Å². The maximum atomic E-state index is 13.4. The Morgan fingerprint density at radius 2 is 1.71 bits per heavy atom. The average molecular weight is 302 g/mol. The van der Waals surface area contributed by atoms with Gasteiger partial charge in [-0.1, -0.05) is 0 Å². The highest BCUT2D eigenvalue weighted by atomic mass is 19.1. The first kappa shape index (κ1) is 16.7. The Hall–Kier alpha value is -2.38. The van der Waals surface area contributed by atoms with Gasteiger partial charge in [-0.3, -0.25) is 9.59 Å². The Labute approximate surface area is 118 Å². The summed E-state index contributed by atoms with van der Waals surface area (Å²) in [6, 6.07) is -0.579. The second kappa shape index (κ2) is 6.87. The van der Waals surface area contributed by atoms with Crippen LogP contribution in [0.5, 0.6) is 0 Å². The quantitative estimate of drug-likeness (QED) is 0.823. The van der Waals surface area contributed by atoms with E-state index in [1.165, 1.54) is 6.92 Å². The molecule has 0 fully saturated rings. The summed E-state index contributed by atoms with van der Waals surface area (Å²) in [5, 5.41) is 2.02. The molecular formula is C13H13F3N2O3.